The lowest BCUT2D eigenvalue weighted by molar-refractivity contribution is -0.0252. The zero-order valence-corrected chi connectivity index (χ0v) is 32.9. The smallest absolute Gasteiger partial charge is 0.331 e. The predicted molar refractivity (Wildman–Crippen MR) is 196 cm³/mol. The van der Waals surface area contributed by atoms with Crippen molar-refractivity contribution in [3.8, 4) is 0 Å². The molecule has 4 N–H and O–H groups in total. The molecular weight excluding hydrogens is 656 g/mol. The average Bonchev–Trinajstić information content (AvgIpc) is 3.06. The van der Waals surface area contributed by atoms with Crippen molar-refractivity contribution in [1.82, 2.24) is 5.09 Å². The van der Waals surface area contributed by atoms with E-state index >= 15 is 0 Å². The van der Waals surface area contributed by atoms with Gasteiger partial charge in [0.1, 0.15) is 6.10 Å². The van der Waals surface area contributed by atoms with Gasteiger partial charge in [-0.2, -0.15) is 0 Å². The second-order valence-electron chi connectivity index (χ2n) is 12.9. The second-order valence-corrected chi connectivity index (χ2v) is 17.3. The number of hydrogen-bond donors (Lipinski definition) is 4. The number of aliphatic hydroxyl groups excluding tert-OH is 1. The van der Waals surface area contributed by atoms with Crippen LogP contribution in [0.1, 0.15) is 143 Å². The van der Waals surface area contributed by atoms with Crippen LogP contribution in [0.4, 0.5) is 0 Å². The van der Waals surface area contributed by atoms with Gasteiger partial charge in [-0.3, -0.25) is 9.13 Å². The maximum Gasteiger partial charge on any atom is 0.331 e. The van der Waals surface area contributed by atoms with Gasteiger partial charge in [0.25, 0.3) is 7.52 Å². The summed E-state index contributed by atoms with van der Waals surface area (Å²) in [6, 6.07) is 0. The van der Waals surface area contributed by atoms with Crippen molar-refractivity contribution in [1.29, 1.82) is 0 Å². The van der Waals surface area contributed by atoms with Crippen LogP contribution in [0.25, 0.3) is 0 Å². The minimum Gasteiger partial charge on any atom is -0.388 e. The highest BCUT2D eigenvalue weighted by atomic mass is 31.2. The van der Waals surface area contributed by atoms with E-state index in [4.69, 9.17) is 23.5 Å². The first kappa shape index (κ1) is 48.1. The molecule has 290 valence electrons. The Morgan fingerprint density at radius 1 is 0.542 bits per heavy atom. The molecule has 0 amide bonds. The van der Waals surface area contributed by atoms with E-state index in [1.165, 1.54) is 25.7 Å². The fraction of sp³-hybridized carbons (Fsp3) is 1.00. The summed E-state index contributed by atoms with van der Waals surface area (Å²) >= 11 is 0. The number of rotatable bonds is 38. The fourth-order valence-corrected chi connectivity index (χ4v) is 8.83. The van der Waals surface area contributed by atoms with Crippen molar-refractivity contribution in [2.45, 2.75) is 161 Å². The summed E-state index contributed by atoms with van der Waals surface area (Å²) in [6.45, 7) is 11.4. The van der Waals surface area contributed by atoms with Gasteiger partial charge in [-0.25, -0.2) is 5.09 Å². The molecular formula is C35H75NO10P2. The first-order valence-electron chi connectivity index (χ1n) is 19.2. The zero-order chi connectivity index (χ0) is 35.8. The van der Waals surface area contributed by atoms with Crippen molar-refractivity contribution in [3.63, 3.8) is 0 Å². The summed E-state index contributed by atoms with van der Waals surface area (Å²) in [5.74, 6) is 0. The molecule has 13 heteroatoms. The molecule has 0 aliphatic heterocycles. The third-order valence-electron chi connectivity index (χ3n) is 8.53. The maximum atomic E-state index is 13.0. The number of ether oxygens (including phenoxy) is 4. The molecule has 0 aliphatic rings. The largest absolute Gasteiger partial charge is 0.388 e. The monoisotopic (exact) mass is 731 g/mol. The van der Waals surface area contributed by atoms with Crippen molar-refractivity contribution >= 4 is 15.1 Å². The van der Waals surface area contributed by atoms with Crippen LogP contribution in [0.3, 0.4) is 0 Å². The van der Waals surface area contributed by atoms with Crippen LogP contribution >= 0.6 is 15.1 Å². The summed E-state index contributed by atoms with van der Waals surface area (Å²) in [5, 5.41) is 13.0. The minimum absolute atomic E-state index is 0.00491. The predicted octanol–water partition coefficient (Wildman–Crippen LogP) is 8.23. The van der Waals surface area contributed by atoms with E-state index in [0.717, 1.165) is 70.6 Å². The highest BCUT2D eigenvalue weighted by Crippen LogP contribution is 2.51. The van der Waals surface area contributed by atoms with E-state index in [2.05, 4.69) is 25.9 Å². The van der Waals surface area contributed by atoms with Crippen LogP contribution in [0.15, 0.2) is 0 Å². The normalized spacial score (nSPS) is 16.4. The molecule has 0 fully saturated rings. The van der Waals surface area contributed by atoms with Gasteiger partial charge >= 0.3 is 7.60 Å². The van der Waals surface area contributed by atoms with Crippen LogP contribution in [0, 0.1) is 0 Å². The van der Waals surface area contributed by atoms with Crippen molar-refractivity contribution in [2.75, 3.05) is 66.0 Å². The Morgan fingerprint density at radius 2 is 0.979 bits per heavy atom. The topological polar surface area (TPSA) is 153 Å². The Kier molecular flexibility index (Phi) is 33.0. The molecule has 0 aromatic carbocycles. The standard InChI is InChI=1S/C35H75NO10P2/c1-5-9-12-14-17-20-34(8-4)48(40,41)46-32-33(37)31-45-30-29-44-28-27-43-26-25-42-24-19-23-36-47(38,39)35(21-16-11-7-3)22-18-15-13-10-6-2/h33-35,37H,5-32H2,1-4H3,(H,40,41)(H2,36,38,39). The molecule has 11 nitrogen and oxygen atoms in total. The molecule has 0 spiro atoms. The fourth-order valence-electron chi connectivity index (χ4n) is 5.46. The van der Waals surface area contributed by atoms with Gasteiger partial charge in [0.15, 0.2) is 0 Å². The molecule has 0 heterocycles. The quantitative estimate of drug-likeness (QED) is 0.0359. The average molecular weight is 732 g/mol. The van der Waals surface area contributed by atoms with E-state index in [-0.39, 0.29) is 25.5 Å². The first-order chi connectivity index (χ1) is 23.1. The highest BCUT2D eigenvalue weighted by Gasteiger charge is 2.31. The molecule has 0 radical (unpaired) electrons. The summed E-state index contributed by atoms with van der Waals surface area (Å²) in [5.41, 5.74) is -0.570. The third kappa shape index (κ3) is 27.8. The van der Waals surface area contributed by atoms with Crippen LogP contribution in [-0.2, 0) is 32.6 Å². The first-order valence-corrected chi connectivity index (χ1v) is 22.6. The molecule has 0 aliphatic carbocycles. The summed E-state index contributed by atoms with van der Waals surface area (Å²) in [4.78, 5) is 21.1. The van der Waals surface area contributed by atoms with E-state index in [1.54, 1.807) is 0 Å². The van der Waals surface area contributed by atoms with Gasteiger partial charge in [0.2, 0.25) is 0 Å². The van der Waals surface area contributed by atoms with Crippen LogP contribution in [0.5, 0.6) is 0 Å². The van der Waals surface area contributed by atoms with Gasteiger partial charge in [0.05, 0.1) is 58.5 Å². The number of nitrogens with one attached hydrogen (secondary N) is 1. The number of aliphatic hydroxyl groups is 1. The molecule has 48 heavy (non-hydrogen) atoms. The molecule has 0 rings (SSSR count). The van der Waals surface area contributed by atoms with E-state index in [9.17, 15) is 24.0 Å². The minimum atomic E-state index is -3.79. The number of hydrogen-bond acceptors (Lipinski definition) is 8. The van der Waals surface area contributed by atoms with E-state index < -0.39 is 26.9 Å². The molecule has 5 atom stereocenters. The molecule has 0 saturated carbocycles. The Labute approximate surface area is 294 Å². The Hall–Kier alpha value is 0.1000. The molecule has 5 unspecified atom stereocenters. The van der Waals surface area contributed by atoms with Crippen LogP contribution in [0.2, 0.25) is 0 Å². The third-order valence-corrected chi connectivity index (χ3v) is 12.8. The van der Waals surface area contributed by atoms with Crippen LogP contribution in [-0.4, -0.2) is 98.3 Å². The van der Waals surface area contributed by atoms with E-state index in [0.29, 0.717) is 65.4 Å². The second kappa shape index (κ2) is 33.0. The lowest BCUT2D eigenvalue weighted by Crippen LogP contribution is -2.24. The van der Waals surface area contributed by atoms with Gasteiger partial charge in [-0.1, -0.05) is 111 Å². The lowest BCUT2D eigenvalue weighted by atomic mass is 10.1. The Morgan fingerprint density at radius 3 is 1.50 bits per heavy atom. The summed E-state index contributed by atoms with van der Waals surface area (Å²) in [7, 11) is -7.19. The maximum absolute atomic E-state index is 13.0. The van der Waals surface area contributed by atoms with Gasteiger partial charge < -0.3 is 38.4 Å². The van der Waals surface area contributed by atoms with Gasteiger partial charge in [-0.15, -0.1) is 0 Å². The van der Waals surface area contributed by atoms with E-state index in [1.807, 2.05) is 6.92 Å². The van der Waals surface area contributed by atoms with Crippen molar-refractivity contribution in [3.05, 3.63) is 0 Å². The molecule has 0 saturated heterocycles. The number of unbranched alkanes of at least 4 members (excludes halogenated alkanes) is 10. The molecule has 0 aromatic rings. The lowest BCUT2D eigenvalue weighted by Gasteiger charge is -2.24. The Balaban J connectivity index is 3.83. The summed E-state index contributed by atoms with van der Waals surface area (Å²) in [6.07, 6.45) is 16.9. The molecule has 0 bridgehead atoms. The summed E-state index contributed by atoms with van der Waals surface area (Å²) < 4.78 is 52.9. The van der Waals surface area contributed by atoms with Gasteiger partial charge in [0, 0.05) is 18.8 Å². The van der Waals surface area contributed by atoms with Crippen molar-refractivity contribution < 1.29 is 47.5 Å². The SMILES string of the molecule is CCCCCCCC(CCCCC)P(=O)(O)NCCCOCCOCCOCCOCC(O)COP(=O)(O)C(CC)CCCCCCC. The highest BCUT2D eigenvalue weighted by molar-refractivity contribution is 7.56. The van der Waals surface area contributed by atoms with Crippen LogP contribution < -0.4 is 5.09 Å². The Bertz CT molecular complexity index is 794. The van der Waals surface area contributed by atoms with Crippen molar-refractivity contribution in [2.24, 2.45) is 0 Å². The zero-order valence-electron chi connectivity index (χ0n) is 31.1. The molecule has 0 aromatic heterocycles. The van der Waals surface area contributed by atoms with Gasteiger partial charge in [-0.05, 0) is 32.1 Å².